The van der Waals surface area contributed by atoms with Crippen molar-refractivity contribution in [3.63, 3.8) is 0 Å². The number of aromatic nitrogens is 1. The fourth-order valence-corrected chi connectivity index (χ4v) is 3.17. The van der Waals surface area contributed by atoms with Gasteiger partial charge in [-0.15, -0.1) is 0 Å². The van der Waals surface area contributed by atoms with Crippen LogP contribution in [0.25, 0.3) is 0 Å². The van der Waals surface area contributed by atoms with Crippen LogP contribution in [0.5, 0.6) is 0 Å². The van der Waals surface area contributed by atoms with Crippen molar-refractivity contribution < 1.29 is 18.3 Å². The molecule has 1 fully saturated rings. The molecule has 2 rings (SSSR count). The lowest BCUT2D eigenvalue weighted by molar-refractivity contribution is -0.147. The summed E-state index contributed by atoms with van der Waals surface area (Å²) in [5.41, 5.74) is -0.554. The normalized spacial score (nSPS) is 21.7. The number of carbonyl (C=O) groups excluding carboxylic acids is 1. The molecule has 1 aromatic heterocycles. The summed E-state index contributed by atoms with van der Waals surface area (Å²) in [6.07, 6.45) is 1.56. The van der Waals surface area contributed by atoms with Gasteiger partial charge >= 0.3 is 5.97 Å². The number of carbonyl (C=O) groups is 1. The summed E-state index contributed by atoms with van der Waals surface area (Å²) in [6.45, 7) is 3.23. The number of ether oxygens (including phenoxy) is 1. The molecule has 1 aliphatic rings. The molecule has 1 heterocycles. The van der Waals surface area contributed by atoms with E-state index in [2.05, 4.69) is 4.98 Å². The molecule has 0 saturated heterocycles. The van der Waals surface area contributed by atoms with Crippen molar-refractivity contribution in [3.05, 3.63) is 38.1 Å². The Bertz CT molecular complexity index is 664. The zero-order chi connectivity index (χ0) is 17.5. The number of allylic oxidation sites excluding steroid dienone is 1. The molecule has 126 valence electrons. The van der Waals surface area contributed by atoms with Gasteiger partial charge in [-0.25, -0.2) is 0 Å². The van der Waals surface area contributed by atoms with Crippen LogP contribution in [-0.2, 0) is 16.1 Å². The fraction of sp³-hybridized carbons (Fsp3) is 0.429. The van der Waals surface area contributed by atoms with E-state index in [9.17, 15) is 13.6 Å². The third-order valence-corrected chi connectivity index (χ3v) is 4.94. The van der Waals surface area contributed by atoms with Gasteiger partial charge < -0.3 is 4.74 Å². The highest BCUT2D eigenvalue weighted by Crippen LogP contribution is 2.60. The number of pyridine rings is 1. The first-order valence-electron chi connectivity index (χ1n) is 6.45. The maximum absolute atomic E-state index is 13.3. The Hall–Kier alpha value is -0.620. The van der Waals surface area contributed by atoms with Gasteiger partial charge in [0, 0.05) is 5.56 Å². The Labute approximate surface area is 151 Å². The molecular weight excluding hydrogens is 394 g/mol. The molecule has 0 N–H and O–H groups in total. The van der Waals surface area contributed by atoms with Crippen LogP contribution in [0.2, 0.25) is 10.0 Å². The molecule has 0 bridgehead atoms. The van der Waals surface area contributed by atoms with Crippen LogP contribution in [0.4, 0.5) is 8.78 Å². The van der Waals surface area contributed by atoms with Crippen molar-refractivity contribution in [3.8, 4) is 0 Å². The topological polar surface area (TPSA) is 39.2 Å². The molecule has 23 heavy (non-hydrogen) atoms. The van der Waals surface area contributed by atoms with Crippen LogP contribution in [0.15, 0.2) is 10.6 Å². The van der Waals surface area contributed by atoms with E-state index in [0.29, 0.717) is 0 Å². The zero-order valence-corrected chi connectivity index (χ0v) is 15.0. The number of hydrogen-bond acceptors (Lipinski definition) is 3. The van der Waals surface area contributed by atoms with Crippen molar-refractivity contribution in [2.75, 3.05) is 0 Å². The summed E-state index contributed by atoms with van der Waals surface area (Å²) >= 11 is 22.6. The summed E-state index contributed by atoms with van der Waals surface area (Å²) < 4.78 is 31.8. The van der Waals surface area contributed by atoms with Crippen LogP contribution >= 0.6 is 46.4 Å². The van der Waals surface area contributed by atoms with Gasteiger partial charge in [-0.1, -0.05) is 60.3 Å². The molecule has 2 atom stereocenters. The minimum Gasteiger partial charge on any atom is -0.460 e. The maximum atomic E-state index is 13.3. The van der Waals surface area contributed by atoms with Crippen LogP contribution in [0.1, 0.15) is 19.4 Å². The average molecular weight is 405 g/mol. The van der Waals surface area contributed by atoms with Crippen LogP contribution in [-0.4, -0.2) is 11.0 Å². The minimum atomic E-state index is -1.22. The Morgan fingerprint density at radius 1 is 1.26 bits per heavy atom. The van der Waals surface area contributed by atoms with Gasteiger partial charge in [0.05, 0.1) is 5.92 Å². The number of esters is 1. The van der Waals surface area contributed by atoms with Crippen molar-refractivity contribution in [2.45, 2.75) is 20.5 Å². The number of nitrogens with zero attached hydrogens (tertiary/aromatic N) is 1. The summed E-state index contributed by atoms with van der Waals surface area (Å²) in [5, 5.41) is -0.973. The van der Waals surface area contributed by atoms with Gasteiger partial charge in [0.2, 0.25) is 11.9 Å². The number of rotatable bonds is 4. The summed E-state index contributed by atoms with van der Waals surface area (Å²) in [6, 6.07) is 0. The SMILES string of the molecule is CC1(C)C(C=C(Cl)Cl)C1C(=O)OCc1c(Cl)c(F)nc(F)c1Cl. The van der Waals surface area contributed by atoms with Crippen LogP contribution in [0, 0.1) is 29.1 Å². The van der Waals surface area contributed by atoms with Crippen molar-refractivity contribution in [2.24, 2.45) is 17.3 Å². The second-order valence-electron chi connectivity index (χ2n) is 5.69. The first kappa shape index (κ1) is 18.7. The molecule has 1 saturated carbocycles. The van der Waals surface area contributed by atoms with E-state index in [1.807, 2.05) is 13.8 Å². The third-order valence-electron chi connectivity index (χ3n) is 3.92. The zero-order valence-electron chi connectivity index (χ0n) is 12.0. The lowest BCUT2D eigenvalue weighted by Crippen LogP contribution is -2.12. The lowest BCUT2D eigenvalue weighted by atomic mass is 10.1. The molecular formula is C14H11Cl4F2NO2. The number of halogens is 6. The Balaban J connectivity index is 2.11. The van der Waals surface area contributed by atoms with Crippen molar-refractivity contribution in [1.29, 1.82) is 0 Å². The van der Waals surface area contributed by atoms with E-state index < -0.39 is 40.4 Å². The minimum absolute atomic E-state index is 0.0581. The van der Waals surface area contributed by atoms with Gasteiger partial charge in [-0.2, -0.15) is 13.8 Å². The molecule has 9 heteroatoms. The van der Waals surface area contributed by atoms with Crippen LogP contribution in [0.3, 0.4) is 0 Å². The highest BCUT2D eigenvalue weighted by atomic mass is 35.5. The quantitative estimate of drug-likeness (QED) is 0.504. The van der Waals surface area contributed by atoms with Gasteiger partial charge in [0.1, 0.15) is 21.1 Å². The molecule has 0 spiro atoms. The molecule has 0 aromatic carbocycles. The molecule has 1 aliphatic carbocycles. The van der Waals surface area contributed by atoms with Crippen LogP contribution < -0.4 is 0 Å². The Morgan fingerprint density at radius 3 is 2.26 bits per heavy atom. The molecule has 3 nitrogen and oxygen atoms in total. The largest absolute Gasteiger partial charge is 0.460 e. The van der Waals surface area contributed by atoms with E-state index in [-0.39, 0.29) is 21.4 Å². The van der Waals surface area contributed by atoms with Gasteiger partial charge in [-0.3, -0.25) is 4.79 Å². The second-order valence-corrected chi connectivity index (χ2v) is 7.45. The molecule has 1 aromatic rings. The first-order valence-corrected chi connectivity index (χ1v) is 7.96. The number of hydrogen-bond donors (Lipinski definition) is 0. The van der Waals surface area contributed by atoms with E-state index in [0.717, 1.165) is 0 Å². The molecule has 0 amide bonds. The summed E-state index contributed by atoms with van der Waals surface area (Å²) in [7, 11) is 0. The maximum Gasteiger partial charge on any atom is 0.310 e. The molecule has 0 aliphatic heterocycles. The van der Waals surface area contributed by atoms with Gasteiger partial charge in [-0.05, 0) is 17.4 Å². The molecule has 2 unspecified atom stereocenters. The predicted molar refractivity (Wildman–Crippen MR) is 84.5 cm³/mol. The van der Waals surface area contributed by atoms with Crippen molar-refractivity contribution >= 4 is 52.4 Å². The van der Waals surface area contributed by atoms with E-state index in [4.69, 9.17) is 51.1 Å². The first-order chi connectivity index (χ1) is 10.6. The van der Waals surface area contributed by atoms with Gasteiger partial charge in [0.15, 0.2) is 0 Å². The molecule has 0 radical (unpaired) electrons. The smallest absolute Gasteiger partial charge is 0.310 e. The van der Waals surface area contributed by atoms with E-state index >= 15 is 0 Å². The second kappa shape index (κ2) is 6.71. The monoisotopic (exact) mass is 403 g/mol. The lowest BCUT2D eigenvalue weighted by Gasteiger charge is -2.09. The summed E-state index contributed by atoms with van der Waals surface area (Å²) in [5.74, 6) is -3.65. The predicted octanol–water partition coefficient (Wildman–Crippen LogP) is 5.30. The Kier molecular flexibility index (Phi) is 5.46. The Morgan fingerprint density at radius 2 is 1.78 bits per heavy atom. The highest BCUT2D eigenvalue weighted by Gasteiger charge is 2.61. The van der Waals surface area contributed by atoms with Gasteiger partial charge in [0.25, 0.3) is 0 Å². The average Bonchev–Trinajstić information content (AvgIpc) is 2.96. The standard InChI is InChI=1S/C14H11Cl4F2NO2/c1-14(2)6(3-7(15)16)8(14)13(22)23-4-5-9(17)11(19)21-12(20)10(5)18/h3,6,8H,4H2,1-2H3. The van der Waals surface area contributed by atoms with E-state index in [1.54, 1.807) is 6.08 Å². The van der Waals surface area contributed by atoms with E-state index in [1.165, 1.54) is 0 Å². The summed E-state index contributed by atoms with van der Waals surface area (Å²) in [4.78, 5) is 15.1. The third kappa shape index (κ3) is 3.73. The highest BCUT2D eigenvalue weighted by molar-refractivity contribution is 6.55. The van der Waals surface area contributed by atoms with Crippen molar-refractivity contribution in [1.82, 2.24) is 4.98 Å². The fourth-order valence-electron chi connectivity index (χ4n) is 2.46.